The second kappa shape index (κ2) is 6.88. The summed E-state index contributed by atoms with van der Waals surface area (Å²) in [6.45, 7) is 0.666. The Kier molecular flexibility index (Phi) is 4.27. The van der Waals surface area contributed by atoms with Crippen LogP contribution >= 0.6 is 0 Å². The van der Waals surface area contributed by atoms with Gasteiger partial charge < -0.3 is 16.8 Å². The van der Waals surface area contributed by atoms with E-state index in [4.69, 9.17) is 11.5 Å². The molecule has 0 bridgehead atoms. The summed E-state index contributed by atoms with van der Waals surface area (Å²) in [7, 11) is 0. The van der Waals surface area contributed by atoms with Gasteiger partial charge in [0, 0.05) is 29.9 Å². The molecule has 1 aromatic carbocycles. The monoisotopic (exact) mass is 343 g/mol. The van der Waals surface area contributed by atoms with Crippen LogP contribution in [0, 0.1) is 5.92 Å². The Morgan fingerprint density at radius 2 is 1.85 bits per heavy atom. The van der Waals surface area contributed by atoms with E-state index in [2.05, 4.69) is 39.6 Å². The van der Waals surface area contributed by atoms with Crippen molar-refractivity contribution in [2.24, 2.45) is 10.9 Å². The van der Waals surface area contributed by atoms with Crippen molar-refractivity contribution in [3.63, 3.8) is 0 Å². The number of aromatic nitrogens is 1. The number of hydrogen-bond acceptors (Lipinski definition) is 5. The molecule has 5 nitrogen and oxygen atoms in total. The zero-order valence-corrected chi connectivity index (χ0v) is 14.3. The van der Waals surface area contributed by atoms with Crippen molar-refractivity contribution in [2.45, 2.75) is 6.04 Å². The van der Waals surface area contributed by atoms with E-state index in [0.29, 0.717) is 24.0 Å². The van der Waals surface area contributed by atoms with Crippen LogP contribution in [-0.2, 0) is 0 Å². The fraction of sp³-hybridized carbons (Fsp3) is 0.143. The fourth-order valence-corrected chi connectivity index (χ4v) is 3.13. The lowest BCUT2D eigenvalue weighted by molar-refractivity contribution is 0.676. The van der Waals surface area contributed by atoms with Crippen molar-refractivity contribution >= 4 is 23.4 Å². The maximum Gasteiger partial charge on any atom is 0.150 e. The number of nitrogens with one attached hydrogen (secondary N) is 1. The zero-order chi connectivity index (χ0) is 17.9. The molecule has 2 heterocycles. The van der Waals surface area contributed by atoms with Gasteiger partial charge in [-0.25, -0.2) is 4.98 Å². The SMILES string of the molecule is Nc1ccc(-c2ccc(N)c(NCC3=CC4C=CC=NC4C=C3)n2)cc1. The molecule has 1 aliphatic carbocycles. The van der Waals surface area contributed by atoms with Crippen LogP contribution in [0.3, 0.4) is 0 Å². The van der Waals surface area contributed by atoms with Crippen molar-refractivity contribution in [1.82, 2.24) is 4.98 Å². The normalized spacial score (nSPS) is 20.5. The summed E-state index contributed by atoms with van der Waals surface area (Å²) < 4.78 is 0. The summed E-state index contributed by atoms with van der Waals surface area (Å²) in [5, 5.41) is 3.36. The minimum absolute atomic E-state index is 0.223. The second-order valence-corrected chi connectivity index (χ2v) is 6.46. The highest BCUT2D eigenvalue weighted by molar-refractivity contribution is 5.73. The average Bonchev–Trinajstić information content (AvgIpc) is 2.68. The number of anilines is 3. The van der Waals surface area contributed by atoms with E-state index in [1.54, 1.807) is 0 Å². The Bertz CT molecular complexity index is 922. The first-order valence-corrected chi connectivity index (χ1v) is 8.64. The topological polar surface area (TPSA) is 89.3 Å². The van der Waals surface area contributed by atoms with Crippen molar-refractivity contribution in [2.75, 3.05) is 23.3 Å². The Balaban J connectivity index is 1.50. The molecule has 0 spiro atoms. The number of rotatable bonds is 4. The van der Waals surface area contributed by atoms with Gasteiger partial charge in [-0.1, -0.05) is 36.4 Å². The van der Waals surface area contributed by atoms with Crippen LogP contribution in [-0.4, -0.2) is 23.8 Å². The Labute approximate surface area is 152 Å². The molecule has 2 aromatic rings. The van der Waals surface area contributed by atoms with Crippen molar-refractivity contribution in [1.29, 1.82) is 0 Å². The zero-order valence-electron chi connectivity index (χ0n) is 14.3. The number of benzene rings is 1. The quantitative estimate of drug-likeness (QED) is 0.742. The lowest BCUT2D eigenvalue weighted by Crippen LogP contribution is -2.20. The van der Waals surface area contributed by atoms with Gasteiger partial charge in [-0.2, -0.15) is 0 Å². The van der Waals surface area contributed by atoms with E-state index in [-0.39, 0.29) is 6.04 Å². The highest BCUT2D eigenvalue weighted by Gasteiger charge is 2.19. The van der Waals surface area contributed by atoms with Crippen molar-refractivity contribution in [3.05, 3.63) is 72.4 Å². The molecule has 26 heavy (non-hydrogen) atoms. The summed E-state index contributed by atoms with van der Waals surface area (Å²) in [4.78, 5) is 9.14. The van der Waals surface area contributed by atoms with Gasteiger partial charge in [0.05, 0.1) is 17.4 Å². The summed E-state index contributed by atoms with van der Waals surface area (Å²) >= 11 is 0. The number of nitrogens with zero attached hydrogens (tertiary/aromatic N) is 2. The second-order valence-electron chi connectivity index (χ2n) is 6.46. The first kappa shape index (κ1) is 16.1. The number of nitrogens with two attached hydrogens (primary N) is 2. The van der Waals surface area contributed by atoms with Gasteiger partial charge in [0.2, 0.25) is 0 Å². The van der Waals surface area contributed by atoms with Crippen LogP contribution in [0.5, 0.6) is 0 Å². The van der Waals surface area contributed by atoms with Crippen LogP contribution in [0.25, 0.3) is 11.3 Å². The molecule has 2 aliphatic rings. The van der Waals surface area contributed by atoms with Crippen LogP contribution in [0.2, 0.25) is 0 Å². The molecule has 2 atom stereocenters. The minimum atomic E-state index is 0.223. The van der Waals surface area contributed by atoms with Gasteiger partial charge >= 0.3 is 0 Å². The third kappa shape index (κ3) is 3.37. The molecular formula is C21H21N5. The average molecular weight is 343 g/mol. The van der Waals surface area contributed by atoms with Gasteiger partial charge in [-0.15, -0.1) is 0 Å². The Morgan fingerprint density at radius 3 is 2.69 bits per heavy atom. The van der Waals surface area contributed by atoms with E-state index in [0.717, 1.165) is 16.9 Å². The maximum absolute atomic E-state index is 6.10. The number of pyridine rings is 1. The highest BCUT2D eigenvalue weighted by Crippen LogP contribution is 2.26. The van der Waals surface area contributed by atoms with E-state index in [1.165, 1.54) is 5.57 Å². The number of allylic oxidation sites excluding steroid dienone is 1. The number of dihydropyridines is 1. The minimum Gasteiger partial charge on any atom is -0.399 e. The van der Waals surface area contributed by atoms with Crippen LogP contribution < -0.4 is 16.8 Å². The molecule has 1 aliphatic heterocycles. The summed E-state index contributed by atoms with van der Waals surface area (Å²) in [6, 6.07) is 11.7. The number of hydrogen-bond donors (Lipinski definition) is 3. The molecule has 2 unspecified atom stereocenters. The molecule has 130 valence electrons. The first-order chi connectivity index (χ1) is 12.7. The van der Waals surface area contributed by atoms with Crippen LogP contribution in [0.1, 0.15) is 0 Å². The highest BCUT2D eigenvalue weighted by atomic mass is 15.0. The van der Waals surface area contributed by atoms with Crippen LogP contribution in [0.15, 0.2) is 77.3 Å². The molecule has 5 heteroatoms. The molecule has 0 amide bonds. The van der Waals surface area contributed by atoms with Gasteiger partial charge in [0.1, 0.15) is 5.82 Å². The number of aliphatic imine (C=N–C) groups is 1. The Morgan fingerprint density at radius 1 is 1.00 bits per heavy atom. The molecule has 0 saturated heterocycles. The maximum atomic E-state index is 6.10. The van der Waals surface area contributed by atoms with Gasteiger partial charge in [-0.05, 0) is 35.9 Å². The molecule has 4 rings (SSSR count). The largest absolute Gasteiger partial charge is 0.399 e. The smallest absolute Gasteiger partial charge is 0.150 e. The third-order valence-corrected chi connectivity index (χ3v) is 4.58. The molecule has 0 radical (unpaired) electrons. The van der Waals surface area contributed by atoms with E-state index in [9.17, 15) is 0 Å². The van der Waals surface area contributed by atoms with E-state index >= 15 is 0 Å². The number of nitrogen functional groups attached to an aromatic ring is 2. The van der Waals surface area contributed by atoms with Crippen molar-refractivity contribution < 1.29 is 0 Å². The van der Waals surface area contributed by atoms with E-state index in [1.807, 2.05) is 48.7 Å². The predicted octanol–water partition coefficient (Wildman–Crippen LogP) is 3.45. The lowest BCUT2D eigenvalue weighted by Gasteiger charge is -2.22. The van der Waals surface area contributed by atoms with Gasteiger partial charge in [0.25, 0.3) is 0 Å². The lowest BCUT2D eigenvalue weighted by atomic mass is 9.90. The van der Waals surface area contributed by atoms with E-state index < -0.39 is 0 Å². The summed E-state index contributed by atoms with van der Waals surface area (Å²) in [6.07, 6.45) is 12.5. The Hall–Kier alpha value is -3.34. The van der Waals surface area contributed by atoms with Crippen LogP contribution in [0.4, 0.5) is 17.2 Å². The molecule has 5 N–H and O–H groups in total. The van der Waals surface area contributed by atoms with Gasteiger partial charge in [-0.3, -0.25) is 4.99 Å². The third-order valence-electron chi connectivity index (χ3n) is 4.58. The summed E-state index contributed by atoms with van der Waals surface area (Å²) in [5.41, 5.74) is 16.3. The number of fused-ring (bicyclic) bond motifs is 1. The van der Waals surface area contributed by atoms with Crippen molar-refractivity contribution in [3.8, 4) is 11.3 Å². The fourth-order valence-electron chi connectivity index (χ4n) is 3.13. The molecule has 0 saturated carbocycles. The summed E-state index contributed by atoms with van der Waals surface area (Å²) in [5.74, 6) is 1.01. The molecule has 0 fully saturated rings. The molecule has 1 aromatic heterocycles. The first-order valence-electron chi connectivity index (χ1n) is 8.64. The van der Waals surface area contributed by atoms with Gasteiger partial charge in [0.15, 0.2) is 0 Å². The predicted molar refractivity (Wildman–Crippen MR) is 109 cm³/mol. The standard InChI is InChI=1S/C21H21N5/c22-17-6-4-15(5-7-17)20-10-8-18(23)21(26-20)25-13-14-3-9-19-16(12-14)2-1-11-24-19/h1-12,16,19H,13,22-23H2,(H,25,26). The molecular weight excluding hydrogens is 322 g/mol.